The van der Waals surface area contributed by atoms with Gasteiger partial charge in [-0.15, -0.1) is 0 Å². The van der Waals surface area contributed by atoms with E-state index in [2.05, 4.69) is 0 Å². The van der Waals surface area contributed by atoms with Crippen molar-refractivity contribution in [2.75, 3.05) is 0 Å². The lowest BCUT2D eigenvalue weighted by Crippen LogP contribution is -1.99. The van der Waals surface area contributed by atoms with Gasteiger partial charge in [0, 0.05) is 23.8 Å². The molecular formula is C21H15NO6. The van der Waals surface area contributed by atoms with Crippen LogP contribution in [-0.4, -0.2) is 10.7 Å². The Hall–Kier alpha value is -3.87. The van der Waals surface area contributed by atoms with Crippen LogP contribution in [0, 0.1) is 17.0 Å². The standard InChI is InChI=1S/C21H15NO6/c1-13-18(27-12-14-4-6-15(7-5-14)22(24)25)9-8-17-20(23)19(28-21(13)17)11-16-3-2-10-26-16/h2-11H,12H2,1H3/b19-11-. The molecule has 1 aliphatic heterocycles. The topological polar surface area (TPSA) is 91.8 Å². The van der Waals surface area contributed by atoms with Gasteiger partial charge in [0.15, 0.2) is 5.76 Å². The zero-order valence-electron chi connectivity index (χ0n) is 14.9. The Balaban J connectivity index is 1.53. The third-order valence-electron chi connectivity index (χ3n) is 4.39. The first-order valence-corrected chi connectivity index (χ1v) is 8.50. The number of allylic oxidation sites excluding steroid dienone is 1. The van der Waals surface area contributed by atoms with Gasteiger partial charge in [-0.1, -0.05) is 0 Å². The number of fused-ring (bicyclic) bond motifs is 1. The number of nitro groups is 1. The highest BCUT2D eigenvalue weighted by atomic mass is 16.6. The maximum atomic E-state index is 12.5. The smallest absolute Gasteiger partial charge is 0.269 e. The molecular weight excluding hydrogens is 362 g/mol. The minimum atomic E-state index is -0.447. The summed E-state index contributed by atoms with van der Waals surface area (Å²) in [6, 6.07) is 13.0. The zero-order valence-corrected chi connectivity index (χ0v) is 14.9. The predicted octanol–water partition coefficient (Wildman–Crippen LogP) is 4.69. The number of hydrogen-bond donors (Lipinski definition) is 0. The molecule has 0 radical (unpaired) electrons. The summed E-state index contributed by atoms with van der Waals surface area (Å²) in [7, 11) is 0. The number of Topliss-reactive ketones (excluding diaryl/α,β-unsaturated/α-hetero) is 1. The van der Waals surface area contributed by atoms with Gasteiger partial charge >= 0.3 is 0 Å². The highest BCUT2D eigenvalue weighted by Gasteiger charge is 2.30. The summed E-state index contributed by atoms with van der Waals surface area (Å²) in [6.45, 7) is 2.05. The summed E-state index contributed by atoms with van der Waals surface area (Å²) < 4.78 is 16.8. The van der Waals surface area contributed by atoms with E-state index >= 15 is 0 Å². The molecule has 0 spiro atoms. The normalized spacial score (nSPS) is 14.0. The number of carbonyl (C=O) groups excluding carboxylic acids is 1. The number of hydrogen-bond acceptors (Lipinski definition) is 6. The number of furan rings is 1. The molecule has 4 rings (SSSR count). The summed E-state index contributed by atoms with van der Waals surface area (Å²) >= 11 is 0. The Kier molecular flexibility index (Phi) is 4.41. The molecule has 0 amide bonds. The Morgan fingerprint density at radius 2 is 1.93 bits per heavy atom. The number of nitro benzene ring substituents is 1. The van der Waals surface area contributed by atoms with Crippen molar-refractivity contribution in [2.45, 2.75) is 13.5 Å². The van der Waals surface area contributed by atoms with Crippen molar-refractivity contribution in [3.63, 3.8) is 0 Å². The third-order valence-corrected chi connectivity index (χ3v) is 4.39. The first kappa shape index (κ1) is 17.5. The van der Waals surface area contributed by atoms with E-state index < -0.39 is 4.92 Å². The molecule has 0 atom stereocenters. The lowest BCUT2D eigenvalue weighted by molar-refractivity contribution is -0.384. The maximum absolute atomic E-state index is 12.5. The molecule has 3 aromatic rings. The number of rotatable bonds is 5. The van der Waals surface area contributed by atoms with Gasteiger partial charge in [-0.05, 0) is 48.9 Å². The molecule has 0 saturated heterocycles. The van der Waals surface area contributed by atoms with Gasteiger partial charge in [0.25, 0.3) is 5.69 Å². The molecule has 0 N–H and O–H groups in total. The largest absolute Gasteiger partial charge is 0.488 e. The van der Waals surface area contributed by atoms with E-state index in [0.29, 0.717) is 28.4 Å². The molecule has 1 aliphatic rings. The molecule has 28 heavy (non-hydrogen) atoms. The number of benzene rings is 2. The minimum Gasteiger partial charge on any atom is -0.488 e. The Morgan fingerprint density at radius 3 is 2.61 bits per heavy atom. The number of ether oxygens (including phenoxy) is 2. The van der Waals surface area contributed by atoms with Crippen molar-refractivity contribution in [1.29, 1.82) is 0 Å². The van der Waals surface area contributed by atoms with Crippen molar-refractivity contribution in [3.8, 4) is 11.5 Å². The summed E-state index contributed by atoms with van der Waals surface area (Å²) in [6.07, 6.45) is 3.08. The summed E-state index contributed by atoms with van der Waals surface area (Å²) in [5, 5.41) is 10.7. The second-order valence-corrected chi connectivity index (χ2v) is 6.23. The Labute approximate surface area is 160 Å². The lowest BCUT2D eigenvalue weighted by atomic mass is 10.1. The SMILES string of the molecule is Cc1c(OCc2ccc([N+](=O)[O-])cc2)ccc2c1O/C(=C\c1ccco1)C2=O. The molecule has 0 aliphatic carbocycles. The first-order chi connectivity index (χ1) is 13.5. The fourth-order valence-corrected chi connectivity index (χ4v) is 2.90. The van der Waals surface area contributed by atoms with Gasteiger partial charge in [-0.25, -0.2) is 0 Å². The van der Waals surface area contributed by atoms with Crippen LogP contribution in [0.2, 0.25) is 0 Å². The van der Waals surface area contributed by atoms with E-state index in [4.69, 9.17) is 13.9 Å². The van der Waals surface area contributed by atoms with Crippen LogP contribution in [0.15, 0.2) is 65.0 Å². The van der Waals surface area contributed by atoms with Crippen LogP contribution in [0.25, 0.3) is 6.08 Å². The molecule has 7 nitrogen and oxygen atoms in total. The van der Waals surface area contributed by atoms with Gasteiger partial charge in [0.1, 0.15) is 23.9 Å². The summed E-state index contributed by atoms with van der Waals surface area (Å²) in [5.74, 6) is 1.55. The molecule has 2 heterocycles. The second-order valence-electron chi connectivity index (χ2n) is 6.23. The average molecular weight is 377 g/mol. The van der Waals surface area contributed by atoms with Crippen LogP contribution in [0.1, 0.15) is 27.2 Å². The summed E-state index contributed by atoms with van der Waals surface area (Å²) in [4.78, 5) is 22.8. The van der Waals surface area contributed by atoms with Crippen molar-refractivity contribution in [2.24, 2.45) is 0 Å². The van der Waals surface area contributed by atoms with E-state index in [1.54, 1.807) is 42.5 Å². The number of ketones is 1. The molecule has 140 valence electrons. The molecule has 0 fully saturated rings. The van der Waals surface area contributed by atoms with E-state index in [-0.39, 0.29) is 23.8 Å². The fourth-order valence-electron chi connectivity index (χ4n) is 2.90. The fraction of sp³-hybridized carbons (Fsp3) is 0.0952. The highest BCUT2D eigenvalue weighted by Crippen LogP contribution is 2.39. The van der Waals surface area contributed by atoms with Gasteiger partial charge < -0.3 is 13.9 Å². The third kappa shape index (κ3) is 3.25. The van der Waals surface area contributed by atoms with Crippen molar-refractivity contribution < 1.29 is 23.6 Å². The van der Waals surface area contributed by atoms with Crippen LogP contribution in [0.4, 0.5) is 5.69 Å². The van der Waals surface area contributed by atoms with E-state index in [0.717, 1.165) is 5.56 Å². The minimum absolute atomic E-state index is 0.0280. The van der Waals surface area contributed by atoms with Crippen LogP contribution >= 0.6 is 0 Å². The van der Waals surface area contributed by atoms with E-state index in [9.17, 15) is 14.9 Å². The molecule has 0 unspecified atom stereocenters. The van der Waals surface area contributed by atoms with E-state index in [1.807, 2.05) is 6.92 Å². The van der Waals surface area contributed by atoms with Crippen molar-refractivity contribution in [1.82, 2.24) is 0 Å². The van der Waals surface area contributed by atoms with Crippen molar-refractivity contribution >= 4 is 17.5 Å². The van der Waals surface area contributed by atoms with E-state index in [1.165, 1.54) is 18.4 Å². The molecule has 2 aromatic carbocycles. The Morgan fingerprint density at radius 1 is 1.14 bits per heavy atom. The monoisotopic (exact) mass is 377 g/mol. The zero-order chi connectivity index (χ0) is 19.7. The molecule has 0 bridgehead atoms. The lowest BCUT2D eigenvalue weighted by Gasteiger charge is -2.11. The second kappa shape index (κ2) is 7.03. The van der Waals surface area contributed by atoms with Gasteiger partial charge in [-0.3, -0.25) is 14.9 Å². The molecule has 1 aromatic heterocycles. The maximum Gasteiger partial charge on any atom is 0.269 e. The Bertz CT molecular complexity index is 1080. The first-order valence-electron chi connectivity index (χ1n) is 8.50. The van der Waals surface area contributed by atoms with Crippen LogP contribution < -0.4 is 9.47 Å². The quantitative estimate of drug-likeness (QED) is 0.364. The molecule has 0 saturated carbocycles. The molecule has 7 heteroatoms. The summed E-state index contributed by atoms with van der Waals surface area (Å²) in [5.41, 5.74) is 2.00. The van der Waals surface area contributed by atoms with Gasteiger partial charge in [0.2, 0.25) is 5.78 Å². The number of nitrogens with zero attached hydrogens (tertiary/aromatic N) is 1. The van der Waals surface area contributed by atoms with Gasteiger partial charge in [0.05, 0.1) is 16.7 Å². The van der Waals surface area contributed by atoms with Crippen LogP contribution in [-0.2, 0) is 6.61 Å². The predicted molar refractivity (Wildman–Crippen MR) is 100 cm³/mol. The average Bonchev–Trinajstić information content (AvgIpc) is 3.31. The van der Waals surface area contributed by atoms with Gasteiger partial charge in [-0.2, -0.15) is 0 Å². The van der Waals surface area contributed by atoms with Crippen molar-refractivity contribution in [3.05, 3.63) is 93.1 Å². The number of carbonyl (C=O) groups is 1. The van der Waals surface area contributed by atoms with Crippen LogP contribution in [0.5, 0.6) is 11.5 Å². The highest BCUT2D eigenvalue weighted by molar-refractivity contribution is 6.14. The van der Waals surface area contributed by atoms with Crippen LogP contribution in [0.3, 0.4) is 0 Å². The number of non-ortho nitro benzene ring substituents is 1.